The molecule has 0 spiro atoms. The minimum atomic E-state index is -1.25. The Labute approximate surface area is 113 Å². The largest absolute Gasteiger partial charge is 0.464 e. The third-order valence-corrected chi connectivity index (χ3v) is 4.73. The van der Waals surface area contributed by atoms with E-state index in [9.17, 15) is 4.79 Å². The molecule has 1 rings (SSSR count). The van der Waals surface area contributed by atoms with Gasteiger partial charge in [-0.3, -0.25) is 0 Å². The van der Waals surface area contributed by atoms with Gasteiger partial charge in [0.25, 0.3) is 0 Å². The van der Waals surface area contributed by atoms with Gasteiger partial charge in [0.1, 0.15) is 0 Å². The summed E-state index contributed by atoms with van der Waals surface area (Å²) in [5, 5.41) is 0. The van der Waals surface area contributed by atoms with E-state index in [1.807, 2.05) is 6.92 Å². The first-order valence-corrected chi connectivity index (χ1v) is 9.84. The van der Waals surface area contributed by atoms with Crippen LogP contribution in [0.4, 0.5) is 0 Å². The molecule has 1 fully saturated rings. The van der Waals surface area contributed by atoms with Crippen molar-refractivity contribution < 1.29 is 14.0 Å². The van der Waals surface area contributed by atoms with Crippen molar-refractivity contribution in [1.82, 2.24) is 0 Å². The maximum atomic E-state index is 12.3. The van der Waals surface area contributed by atoms with Crippen LogP contribution in [0.15, 0.2) is 0 Å². The summed E-state index contributed by atoms with van der Waals surface area (Å²) < 4.78 is 11.4. The van der Waals surface area contributed by atoms with Gasteiger partial charge in [-0.1, -0.05) is 20.8 Å². The number of carbonyl (C=O) groups is 1. The molecule has 18 heavy (non-hydrogen) atoms. The SMILES string of the molecule is CCOC(=O)C1(O[SiH](C)C)CCC(C(C)(C)C)C1. The van der Waals surface area contributed by atoms with E-state index in [0.717, 1.165) is 19.3 Å². The average Bonchev–Trinajstić information content (AvgIpc) is 2.62. The Morgan fingerprint density at radius 1 is 1.39 bits per heavy atom. The molecule has 0 saturated heterocycles. The first-order chi connectivity index (χ1) is 8.21. The number of esters is 1. The summed E-state index contributed by atoms with van der Waals surface area (Å²) >= 11 is 0. The maximum absolute atomic E-state index is 12.3. The lowest BCUT2D eigenvalue weighted by Gasteiger charge is -2.32. The average molecular weight is 272 g/mol. The van der Waals surface area contributed by atoms with Crippen LogP contribution in [0.3, 0.4) is 0 Å². The first-order valence-electron chi connectivity index (χ1n) is 7.06. The number of rotatable bonds is 4. The van der Waals surface area contributed by atoms with Crippen molar-refractivity contribution in [2.75, 3.05) is 6.61 Å². The minimum Gasteiger partial charge on any atom is -0.464 e. The van der Waals surface area contributed by atoms with Crippen LogP contribution in [0.5, 0.6) is 0 Å². The predicted octanol–water partition coefficient (Wildman–Crippen LogP) is 3.13. The molecule has 3 nitrogen and oxygen atoms in total. The van der Waals surface area contributed by atoms with Crippen LogP contribution >= 0.6 is 0 Å². The molecule has 0 aliphatic heterocycles. The zero-order valence-electron chi connectivity index (χ0n) is 12.7. The fourth-order valence-electron chi connectivity index (χ4n) is 2.80. The molecular weight excluding hydrogens is 244 g/mol. The van der Waals surface area contributed by atoms with Gasteiger partial charge in [0.05, 0.1) is 6.61 Å². The molecule has 2 atom stereocenters. The molecule has 0 bridgehead atoms. The van der Waals surface area contributed by atoms with E-state index in [0.29, 0.717) is 12.5 Å². The summed E-state index contributed by atoms with van der Waals surface area (Å²) in [6, 6.07) is 0. The highest BCUT2D eigenvalue weighted by Crippen LogP contribution is 2.46. The first kappa shape index (κ1) is 15.7. The molecule has 4 heteroatoms. The molecular formula is C14H28O3Si. The van der Waals surface area contributed by atoms with Gasteiger partial charge in [0.15, 0.2) is 14.6 Å². The molecule has 0 radical (unpaired) electrons. The number of hydrogen-bond acceptors (Lipinski definition) is 3. The van der Waals surface area contributed by atoms with E-state index in [2.05, 4.69) is 33.9 Å². The lowest BCUT2D eigenvalue weighted by atomic mass is 9.79. The molecule has 0 aromatic carbocycles. The Morgan fingerprint density at radius 2 is 2.00 bits per heavy atom. The summed E-state index contributed by atoms with van der Waals surface area (Å²) in [7, 11) is -1.25. The molecule has 0 aromatic rings. The molecule has 1 aliphatic rings. The van der Waals surface area contributed by atoms with Crippen LogP contribution in [0.1, 0.15) is 47.0 Å². The van der Waals surface area contributed by atoms with Crippen molar-refractivity contribution >= 4 is 15.0 Å². The van der Waals surface area contributed by atoms with E-state index < -0.39 is 14.6 Å². The molecule has 0 aromatic heterocycles. The maximum Gasteiger partial charge on any atom is 0.337 e. The van der Waals surface area contributed by atoms with Gasteiger partial charge in [-0.05, 0) is 50.6 Å². The van der Waals surface area contributed by atoms with Gasteiger partial charge < -0.3 is 9.16 Å². The molecule has 0 N–H and O–H groups in total. The number of ether oxygens (including phenoxy) is 1. The highest BCUT2D eigenvalue weighted by atomic mass is 28.3. The quantitative estimate of drug-likeness (QED) is 0.582. The number of hydrogen-bond donors (Lipinski definition) is 0. The van der Waals surface area contributed by atoms with Crippen LogP contribution in [-0.4, -0.2) is 27.2 Å². The predicted molar refractivity (Wildman–Crippen MR) is 76.1 cm³/mol. The van der Waals surface area contributed by atoms with Crippen LogP contribution < -0.4 is 0 Å². The van der Waals surface area contributed by atoms with Crippen molar-refractivity contribution in [3.63, 3.8) is 0 Å². The number of carbonyl (C=O) groups excluding carboxylic acids is 1. The van der Waals surface area contributed by atoms with Crippen LogP contribution in [0.25, 0.3) is 0 Å². The van der Waals surface area contributed by atoms with Crippen LogP contribution in [0.2, 0.25) is 13.1 Å². The van der Waals surface area contributed by atoms with Gasteiger partial charge in [0, 0.05) is 0 Å². The van der Waals surface area contributed by atoms with Gasteiger partial charge in [0.2, 0.25) is 0 Å². The highest BCUT2D eigenvalue weighted by molar-refractivity contribution is 6.48. The zero-order chi connectivity index (χ0) is 14.0. The Hall–Kier alpha value is -0.353. The summed E-state index contributed by atoms with van der Waals surface area (Å²) in [5.41, 5.74) is -0.412. The van der Waals surface area contributed by atoms with Gasteiger partial charge in [-0.25, -0.2) is 4.79 Å². The Balaban J connectivity index is 2.85. The summed E-state index contributed by atoms with van der Waals surface area (Å²) in [6.07, 6.45) is 2.70. The van der Waals surface area contributed by atoms with Crippen molar-refractivity contribution in [2.45, 2.75) is 65.7 Å². The van der Waals surface area contributed by atoms with E-state index in [-0.39, 0.29) is 11.4 Å². The fraction of sp³-hybridized carbons (Fsp3) is 0.929. The fourth-order valence-corrected chi connectivity index (χ4v) is 4.02. The molecule has 106 valence electrons. The second kappa shape index (κ2) is 5.74. The van der Waals surface area contributed by atoms with E-state index in [1.54, 1.807) is 0 Å². The smallest absolute Gasteiger partial charge is 0.337 e. The Kier molecular flexibility index (Phi) is 5.01. The third kappa shape index (κ3) is 3.57. The van der Waals surface area contributed by atoms with Crippen molar-refractivity contribution in [2.24, 2.45) is 11.3 Å². The molecule has 0 heterocycles. The van der Waals surface area contributed by atoms with Crippen molar-refractivity contribution in [3.05, 3.63) is 0 Å². The second-order valence-electron chi connectivity index (χ2n) is 6.69. The van der Waals surface area contributed by atoms with Crippen molar-refractivity contribution in [3.8, 4) is 0 Å². The molecule has 1 saturated carbocycles. The third-order valence-electron chi connectivity index (χ3n) is 3.81. The minimum absolute atomic E-state index is 0.141. The molecule has 0 amide bonds. The monoisotopic (exact) mass is 272 g/mol. The Bertz CT molecular complexity index is 296. The van der Waals surface area contributed by atoms with Gasteiger partial charge >= 0.3 is 5.97 Å². The van der Waals surface area contributed by atoms with E-state index in [1.165, 1.54) is 0 Å². The lowest BCUT2D eigenvalue weighted by Crippen LogP contribution is -2.44. The topological polar surface area (TPSA) is 35.5 Å². The standard InChI is InChI=1S/C14H28O3Si/c1-7-16-12(15)14(17-18(5)6)9-8-11(10-14)13(2,3)4/h11,18H,7-10H2,1-6H3. The van der Waals surface area contributed by atoms with Crippen molar-refractivity contribution in [1.29, 1.82) is 0 Å². The van der Waals surface area contributed by atoms with Crippen LogP contribution in [-0.2, 0) is 14.0 Å². The molecule has 2 unspecified atom stereocenters. The summed E-state index contributed by atoms with van der Waals surface area (Å²) in [5.74, 6) is 0.396. The lowest BCUT2D eigenvalue weighted by molar-refractivity contribution is -0.162. The van der Waals surface area contributed by atoms with Gasteiger partial charge in [-0.2, -0.15) is 0 Å². The highest BCUT2D eigenvalue weighted by Gasteiger charge is 2.50. The zero-order valence-corrected chi connectivity index (χ0v) is 13.9. The van der Waals surface area contributed by atoms with E-state index in [4.69, 9.17) is 9.16 Å². The summed E-state index contributed by atoms with van der Waals surface area (Å²) in [6.45, 7) is 13.2. The Morgan fingerprint density at radius 3 is 2.39 bits per heavy atom. The molecule has 1 aliphatic carbocycles. The van der Waals surface area contributed by atoms with Crippen LogP contribution in [0, 0.1) is 11.3 Å². The van der Waals surface area contributed by atoms with E-state index >= 15 is 0 Å². The summed E-state index contributed by atoms with van der Waals surface area (Å²) in [4.78, 5) is 12.3. The second-order valence-corrected chi connectivity index (χ2v) is 9.02. The van der Waals surface area contributed by atoms with Gasteiger partial charge in [-0.15, -0.1) is 0 Å². The normalized spacial score (nSPS) is 28.7.